The van der Waals surface area contributed by atoms with Crippen LogP contribution < -0.4 is 5.32 Å². The average Bonchev–Trinajstić information content (AvgIpc) is 2.51. The molecule has 1 aliphatic heterocycles. The third kappa shape index (κ3) is 7.47. The van der Waals surface area contributed by atoms with E-state index in [1.807, 2.05) is 20.1 Å². The summed E-state index contributed by atoms with van der Waals surface area (Å²) in [7, 11) is 0. The number of thioether (sulfide) groups is 1. The fourth-order valence-corrected chi connectivity index (χ4v) is 2.54. The Kier molecular flexibility index (Phi) is 9.50. The second-order valence-electron chi connectivity index (χ2n) is 5.54. The summed E-state index contributed by atoms with van der Waals surface area (Å²) in [5.41, 5.74) is 0. The average molecular weight is 332 g/mol. The highest BCUT2D eigenvalue weighted by atomic mass is 32.2. The molecule has 1 N–H and O–H groups in total. The van der Waals surface area contributed by atoms with E-state index in [-0.39, 0.29) is 24.5 Å². The number of amides is 2. The number of carbonyl (C=O) groups is 2. The lowest BCUT2D eigenvalue weighted by molar-refractivity contribution is -0.142. The first-order valence-electron chi connectivity index (χ1n) is 7.81. The van der Waals surface area contributed by atoms with Crippen molar-refractivity contribution in [2.24, 2.45) is 0 Å². The number of hydrogen-bond donors (Lipinski definition) is 1. The van der Waals surface area contributed by atoms with E-state index in [0.29, 0.717) is 32.7 Å². The van der Waals surface area contributed by atoms with E-state index in [2.05, 4.69) is 5.32 Å². The van der Waals surface area contributed by atoms with E-state index in [0.717, 1.165) is 12.2 Å². The third-order valence-electron chi connectivity index (χ3n) is 3.30. The van der Waals surface area contributed by atoms with Gasteiger partial charge in [-0.05, 0) is 32.3 Å². The SMILES string of the molecule is CSCCCC(=O)N[C@@H](COC(C)C)C(=O)N1CCOCC1. The Labute approximate surface area is 137 Å². The molecule has 7 heteroatoms. The van der Waals surface area contributed by atoms with Crippen molar-refractivity contribution >= 4 is 23.6 Å². The first kappa shape index (κ1) is 19.3. The van der Waals surface area contributed by atoms with Crippen molar-refractivity contribution in [1.29, 1.82) is 0 Å². The molecule has 0 unspecified atom stereocenters. The lowest BCUT2D eigenvalue weighted by Crippen LogP contribution is -2.53. The Balaban J connectivity index is 2.53. The highest BCUT2D eigenvalue weighted by molar-refractivity contribution is 7.98. The lowest BCUT2D eigenvalue weighted by atomic mass is 10.2. The van der Waals surface area contributed by atoms with Crippen LogP contribution in [0.3, 0.4) is 0 Å². The first-order valence-corrected chi connectivity index (χ1v) is 9.20. The van der Waals surface area contributed by atoms with Gasteiger partial charge in [-0.15, -0.1) is 0 Å². The molecule has 1 aliphatic rings. The molecule has 2 amide bonds. The van der Waals surface area contributed by atoms with Gasteiger partial charge in [-0.25, -0.2) is 0 Å². The van der Waals surface area contributed by atoms with Crippen LogP contribution >= 0.6 is 11.8 Å². The number of carbonyl (C=O) groups excluding carboxylic acids is 2. The second-order valence-corrected chi connectivity index (χ2v) is 6.52. The molecule has 0 aromatic rings. The van der Waals surface area contributed by atoms with Gasteiger partial charge >= 0.3 is 0 Å². The minimum Gasteiger partial charge on any atom is -0.378 e. The predicted octanol–water partition coefficient (Wildman–Crippen LogP) is 0.898. The molecule has 1 fully saturated rings. The Morgan fingerprint density at radius 2 is 2.00 bits per heavy atom. The Morgan fingerprint density at radius 1 is 1.32 bits per heavy atom. The molecular formula is C15H28N2O4S. The van der Waals surface area contributed by atoms with Crippen molar-refractivity contribution in [2.45, 2.75) is 38.8 Å². The summed E-state index contributed by atoms with van der Waals surface area (Å²) in [6.07, 6.45) is 3.29. The number of nitrogens with zero attached hydrogens (tertiary/aromatic N) is 1. The second kappa shape index (κ2) is 10.9. The summed E-state index contributed by atoms with van der Waals surface area (Å²) in [6, 6.07) is -0.609. The molecule has 1 heterocycles. The molecule has 0 bridgehead atoms. The summed E-state index contributed by atoms with van der Waals surface area (Å²) in [5, 5.41) is 2.82. The highest BCUT2D eigenvalue weighted by Crippen LogP contribution is 2.05. The van der Waals surface area contributed by atoms with Gasteiger partial charge in [0.2, 0.25) is 11.8 Å². The van der Waals surface area contributed by atoms with Crippen LogP contribution in [-0.4, -0.2) is 73.8 Å². The van der Waals surface area contributed by atoms with Crippen LogP contribution in [0, 0.1) is 0 Å². The van der Waals surface area contributed by atoms with Gasteiger partial charge in [0, 0.05) is 19.5 Å². The zero-order chi connectivity index (χ0) is 16.4. The van der Waals surface area contributed by atoms with Gasteiger partial charge in [0.1, 0.15) is 6.04 Å². The van der Waals surface area contributed by atoms with E-state index in [1.54, 1.807) is 16.7 Å². The Bertz CT molecular complexity index is 346. The summed E-state index contributed by atoms with van der Waals surface area (Å²) < 4.78 is 10.8. The number of morpholine rings is 1. The molecular weight excluding hydrogens is 304 g/mol. The molecule has 1 rings (SSSR count). The van der Waals surface area contributed by atoms with Crippen LogP contribution in [0.1, 0.15) is 26.7 Å². The van der Waals surface area contributed by atoms with E-state index >= 15 is 0 Å². The fourth-order valence-electron chi connectivity index (χ4n) is 2.11. The molecule has 1 atom stereocenters. The van der Waals surface area contributed by atoms with Crippen LogP contribution in [0.25, 0.3) is 0 Å². The normalized spacial score (nSPS) is 16.6. The third-order valence-corrected chi connectivity index (χ3v) is 4.00. The molecule has 0 saturated carbocycles. The van der Waals surface area contributed by atoms with Gasteiger partial charge in [-0.3, -0.25) is 9.59 Å². The largest absolute Gasteiger partial charge is 0.378 e. The molecule has 0 radical (unpaired) electrons. The monoisotopic (exact) mass is 332 g/mol. The van der Waals surface area contributed by atoms with Crippen molar-refractivity contribution in [1.82, 2.24) is 10.2 Å². The maximum Gasteiger partial charge on any atom is 0.247 e. The van der Waals surface area contributed by atoms with Gasteiger partial charge < -0.3 is 19.7 Å². The number of hydrogen-bond acceptors (Lipinski definition) is 5. The quantitative estimate of drug-likeness (QED) is 0.635. The zero-order valence-corrected chi connectivity index (χ0v) is 14.6. The Morgan fingerprint density at radius 3 is 2.59 bits per heavy atom. The zero-order valence-electron chi connectivity index (χ0n) is 13.8. The van der Waals surface area contributed by atoms with E-state index in [4.69, 9.17) is 9.47 Å². The summed E-state index contributed by atoms with van der Waals surface area (Å²) >= 11 is 1.71. The van der Waals surface area contributed by atoms with Crippen molar-refractivity contribution in [3.63, 3.8) is 0 Å². The standard InChI is InChI=1S/C15H28N2O4S/c1-12(2)21-11-13(16-14(18)5-4-10-22-3)15(19)17-6-8-20-9-7-17/h12-13H,4-11H2,1-3H3,(H,16,18)/t13-/m0/s1. The molecule has 1 saturated heterocycles. The fraction of sp³-hybridized carbons (Fsp3) is 0.867. The summed E-state index contributed by atoms with van der Waals surface area (Å²) in [5.74, 6) is 0.771. The van der Waals surface area contributed by atoms with E-state index < -0.39 is 6.04 Å². The van der Waals surface area contributed by atoms with Crippen molar-refractivity contribution < 1.29 is 19.1 Å². The minimum absolute atomic E-state index is 0.0217. The Hall–Kier alpha value is -0.790. The van der Waals surface area contributed by atoms with Crippen molar-refractivity contribution in [3.8, 4) is 0 Å². The van der Waals surface area contributed by atoms with Crippen molar-refractivity contribution in [2.75, 3.05) is 44.9 Å². The molecule has 0 aromatic carbocycles. The lowest BCUT2D eigenvalue weighted by Gasteiger charge is -2.31. The van der Waals surface area contributed by atoms with Crippen LogP contribution in [0.4, 0.5) is 0 Å². The highest BCUT2D eigenvalue weighted by Gasteiger charge is 2.27. The molecule has 0 aromatic heterocycles. The van der Waals surface area contributed by atoms with Crippen LogP contribution in [0.5, 0.6) is 0 Å². The molecule has 128 valence electrons. The smallest absolute Gasteiger partial charge is 0.247 e. The molecule has 22 heavy (non-hydrogen) atoms. The van der Waals surface area contributed by atoms with Gasteiger partial charge in [0.15, 0.2) is 0 Å². The summed E-state index contributed by atoms with van der Waals surface area (Å²) in [6.45, 7) is 6.27. The van der Waals surface area contributed by atoms with Gasteiger partial charge in [-0.2, -0.15) is 11.8 Å². The van der Waals surface area contributed by atoms with E-state index in [9.17, 15) is 9.59 Å². The van der Waals surface area contributed by atoms with Crippen molar-refractivity contribution in [3.05, 3.63) is 0 Å². The van der Waals surface area contributed by atoms with Gasteiger partial charge in [0.05, 0.1) is 25.9 Å². The predicted molar refractivity (Wildman–Crippen MR) is 88.0 cm³/mol. The maximum atomic E-state index is 12.5. The summed E-state index contributed by atoms with van der Waals surface area (Å²) in [4.78, 5) is 26.3. The number of rotatable bonds is 9. The van der Waals surface area contributed by atoms with Gasteiger partial charge in [0.25, 0.3) is 0 Å². The maximum absolute atomic E-state index is 12.5. The van der Waals surface area contributed by atoms with E-state index in [1.165, 1.54) is 0 Å². The number of ether oxygens (including phenoxy) is 2. The van der Waals surface area contributed by atoms with Crippen LogP contribution in [0.2, 0.25) is 0 Å². The minimum atomic E-state index is -0.609. The molecule has 0 aliphatic carbocycles. The number of nitrogens with one attached hydrogen (secondary N) is 1. The van der Waals surface area contributed by atoms with Crippen LogP contribution in [0.15, 0.2) is 0 Å². The van der Waals surface area contributed by atoms with Crippen LogP contribution in [-0.2, 0) is 19.1 Å². The topological polar surface area (TPSA) is 67.9 Å². The molecule has 0 spiro atoms. The van der Waals surface area contributed by atoms with Gasteiger partial charge in [-0.1, -0.05) is 0 Å². The molecule has 6 nitrogen and oxygen atoms in total. The first-order chi connectivity index (χ1) is 10.5.